The summed E-state index contributed by atoms with van der Waals surface area (Å²) in [6, 6.07) is 0. The van der Waals surface area contributed by atoms with Crippen molar-refractivity contribution in [2.75, 3.05) is 0 Å². The Kier molecular flexibility index (Phi) is 8.99. The highest BCUT2D eigenvalue weighted by Gasteiger charge is 2.31. The third kappa shape index (κ3) is 7.44. The molecule has 0 radical (unpaired) electrons. The predicted molar refractivity (Wildman–Crippen MR) is 84.9 cm³/mol. The Morgan fingerprint density at radius 1 is 0.778 bits per heavy atom. The molecule has 0 aliphatic carbocycles. The number of hydrogen-bond donors (Lipinski definition) is 0. The molecule has 0 heterocycles. The Morgan fingerprint density at radius 2 is 1.39 bits per heavy atom. The fourth-order valence-corrected chi connectivity index (χ4v) is 3.49. The van der Waals surface area contributed by atoms with Gasteiger partial charge in [-0.1, -0.05) is 67.7 Å². The summed E-state index contributed by atoms with van der Waals surface area (Å²) in [5, 5.41) is 0. The van der Waals surface area contributed by atoms with Gasteiger partial charge in [-0.15, -0.1) is 0 Å². The Labute approximate surface area is 117 Å². The molecule has 0 saturated heterocycles. The summed E-state index contributed by atoms with van der Waals surface area (Å²) < 4.78 is 0. The Balaban J connectivity index is 4.76. The predicted octanol–water partition coefficient (Wildman–Crippen LogP) is 6.69. The molecule has 0 amide bonds. The van der Waals surface area contributed by atoms with Gasteiger partial charge in [0.15, 0.2) is 0 Å². The van der Waals surface area contributed by atoms with Crippen LogP contribution in [0.4, 0.5) is 0 Å². The van der Waals surface area contributed by atoms with E-state index in [9.17, 15) is 0 Å². The van der Waals surface area contributed by atoms with Crippen molar-refractivity contribution in [3.63, 3.8) is 0 Å². The zero-order valence-corrected chi connectivity index (χ0v) is 14.2. The van der Waals surface area contributed by atoms with E-state index in [1.165, 1.54) is 44.9 Å². The number of hydrogen-bond acceptors (Lipinski definition) is 0. The average molecular weight is 255 g/mol. The van der Waals surface area contributed by atoms with Crippen LogP contribution in [0.25, 0.3) is 0 Å². The molecule has 0 aromatic carbocycles. The summed E-state index contributed by atoms with van der Waals surface area (Å²) in [5.41, 5.74) is 0.628. The van der Waals surface area contributed by atoms with Crippen molar-refractivity contribution in [3.8, 4) is 0 Å². The molecular weight excluding hydrogens is 216 g/mol. The highest BCUT2D eigenvalue weighted by Crippen LogP contribution is 2.43. The summed E-state index contributed by atoms with van der Waals surface area (Å²) in [6.45, 7) is 16.7. The van der Waals surface area contributed by atoms with Crippen LogP contribution < -0.4 is 0 Å². The molecule has 0 aromatic heterocycles. The molecule has 2 unspecified atom stereocenters. The van der Waals surface area contributed by atoms with E-state index in [-0.39, 0.29) is 0 Å². The highest BCUT2D eigenvalue weighted by molar-refractivity contribution is 4.82. The molecule has 0 aromatic rings. The van der Waals surface area contributed by atoms with Crippen molar-refractivity contribution in [1.29, 1.82) is 0 Å². The average Bonchev–Trinajstić information content (AvgIpc) is 2.25. The van der Waals surface area contributed by atoms with Gasteiger partial charge in [0.25, 0.3) is 0 Å². The third-order valence-electron chi connectivity index (χ3n) is 4.35. The molecule has 0 aliphatic rings. The molecule has 0 N–H and O–H groups in total. The van der Waals surface area contributed by atoms with E-state index in [4.69, 9.17) is 0 Å². The van der Waals surface area contributed by atoms with E-state index in [0.29, 0.717) is 5.41 Å². The van der Waals surface area contributed by atoms with Gasteiger partial charge >= 0.3 is 0 Å². The number of rotatable bonds is 10. The summed E-state index contributed by atoms with van der Waals surface area (Å²) in [7, 11) is 0. The van der Waals surface area contributed by atoms with E-state index in [0.717, 1.165) is 17.8 Å². The first-order chi connectivity index (χ1) is 8.35. The molecule has 0 aliphatic heterocycles. The monoisotopic (exact) mass is 254 g/mol. The van der Waals surface area contributed by atoms with E-state index in [1.807, 2.05) is 0 Å². The largest absolute Gasteiger partial charge is 0.0654 e. The second-order valence-electron chi connectivity index (χ2n) is 7.50. The molecule has 0 heteroatoms. The van der Waals surface area contributed by atoms with Gasteiger partial charge in [0.1, 0.15) is 0 Å². The Bertz CT molecular complexity index is 192. The molecule has 18 heavy (non-hydrogen) atoms. The summed E-state index contributed by atoms with van der Waals surface area (Å²) in [5.74, 6) is 2.58. The minimum Gasteiger partial charge on any atom is -0.0654 e. The smallest absolute Gasteiger partial charge is 0.0293 e. The zero-order chi connectivity index (χ0) is 14.2. The second kappa shape index (κ2) is 8.99. The molecule has 0 spiro atoms. The van der Waals surface area contributed by atoms with Crippen LogP contribution in [0.5, 0.6) is 0 Å². The molecular formula is C18H38. The van der Waals surface area contributed by atoms with E-state index < -0.39 is 0 Å². The van der Waals surface area contributed by atoms with Crippen molar-refractivity contribution < 1.29 is 0 Å². The second-order valence-corrected chi connectivity index (χ2v) is 7.50. The molecule has 0 bridgehead atoms. The van der Waals surface area contributed by atoms with Crippen LogP contribution in [-0.4, -0.2) is 0 Å². The first kappa shape index (κ1) is 18.0. The van der Waals surface area contributed by atoms with E-state index in [2.05, 4.69) is 48.5 Å². The molecule has 0 rings (SSSR count). The van der Waals surface area contributed by atoms with Crippen molar-refractivity contribution in [2.24, 2.45) is 23.2 Å². The van der Waals surface area contributed by atoms with Crippen LogP contribution >= 0.6 is 0 Å². The lowest BCUT2D eigenvalue weighted by molar-refractivity contribution is 0.132. The normalized spacial score (nSPS) is 17.2. The fourth-order valence-electron chi connectivity index (χ4n) is 3.49. The standard InChI is InChI=1S/C18H38/c1-8-11-18(13-16(5)6,12-10-15(3)4)14-17(7)9-2/h15-17H,8-14H2,1-7H3. The molecule has 110 valence electrons. The van der Waals surface area contributed by atoms with Gasteiger partial charge in [-0.2, -0.15) is 0 Å². The maximum Gasteiger partial charge on any atom is -0.0293 e. The Morgan fingerprint density at radius 3 is 1.78 bits per heavy atom. The zero-order valence-electron chi connectivity index (χ0n) is 14.2. The van der Waals surface area contributed by atoms with Gasteiger partial charge in [0.2, 0.25) is 0 Å². The van der Waals surface area contributed by atoms with Crippen molar-refractivity contribution >= 4 is 0 Å². The van der Waals surface area contributed by atoms with Crippen molar-refractivity contribution in [1.82, 2.24) is 0 Å². The lowest BCUT2D eigenvalue weighted by atomic mass is 9.67. The SMILES string of the molecule is CCCC(CCC(C)C)(CC(C)C)CC(C)CC. The quantitative estimate of drug-likeness (QED) is 0.407. The summed E-state index contributed by atoms with van der Waals surface area (Å²) in [4.78, 5) is 0. The van der Waals surface area contributed by atoms with Crippen LogP contribution in [0.15, 0.2) is 0 Å². The maximum absolute atomic E-state index is 2.44. The van der Waals surface area contributed by atoms with Gasteiger partial charge in [0.05, 0.1) is 0 Å². The van der Waals surface area contributed by atoms with Gasteiger partial charge in [-0.3, -0.25) is 0 Å². The van der Waals surface area contributed by atoms with Crippen LogP contribution in [0.2, 0.25) is 0 Å². The van der Waals surface area contributed by atoms with E-state index >= 15 is 0 Å². The molecule has 0 saturated carbocycles. The van der Waals surface area contributed by atoms with Crippen LogP contribution in [0, 0.1) is 23.2 Å². The first-order valence-electron chi connectivity index (χ1n) is 8.35. The minimum absolute atomic E-state index is 0.628. The minimum atomic E-state index is 0.628. The van der Waals surface area contributed by atoms with Crippen LogP contribution in [0.1, 0.15) is 93.4 Å². The van der Waals surface area contributed by atoms with Gasteiger partial charge in [0, 0.05) is 0 Å². The summed E-state index contributed by atoms with van der Waals surface area (Å²) in [6.07, 6.45) is 9.85. The van der Waals surface area contributed by atoms with Gasteiger partial charge < -0.3 is 0 Å². The van der Waals surface area contributed by atoms with Crippen molar-refractivity contribution in [3.05, 3.63) is 0 Å². The van der Waals surface area contributed by atoms with Gasteiger partial charge in [-0.05, 0) is 48.9 Å². The molecule has 2 atom stereocenters. The van der Waals surface area contributed by atoms with Gasteiger partial charge in [-0.25, -0.2) is 0 Å². The lowest BCUT2D eigenvalue weighted by Gasteiger charge is -2.38. The highest BCUT2D eigenvalue weighted by atomic mass is 14.4. The first-order valence-corrected chi connectivity index (χ1v) is 8.35. The molecule has 0 nitrogen and oxygen atoms in total. The topological polar surface area (TPSA) is 0 Å². The Hall–Kier alpha value is 0. The molecule has 0 fully saturated rings. The summed E-state index contributed by atoms with van der Waals surface area (Å²) >= 11 is 0. The third-order valence-corrected chi connectivity index (χ3v) is 4.35. The van der Waals surface area contributed by atoms with Crippen LogP contribution in [-0.2, 0) is 0 Å². The maximum atomic E-state index is 2.44. The van der Waals surface area contributed by atoms with E-state index in [1.54, 1.807) is 0 Å². The van der Waals surface area contributed by atoms with Crippen LogP contribution in [0.3, 0.4) is 0 Å². The fraction of sp³-hybridized carbons (Fsp3) is 1.00. The lowest BCUT2D eigenvalue weighted by Crippen LogP contribution is -2.26. The van der Waals surface area contributed by atoms with Crippen molar-refractivity contribution in [2.45, 2.75) is 93.4 Å².